The van der Waals surface area contributed by atoms with E-state index in [0.717, 1.165) is 12.8 Å². The van der Waals surface area contributed by atoms with Gasteiger partial charge in [0.25, 0.3) is 0 Å². The number of amides is 1. The van der Waals surface area contributed by atoms with E-state index >= 15 is 0 Å². The molecule has 10 nitrogen and oxygen atoms in total. The number of hydrogen-bond acceptors (Lipinski definition) is 8. The molecule has 2 aromatic rings. The van der Waals surface area contributed by atoms with Crippen LogP contribution in [0.3, 0.4) is 0 Å². The maximum atomic E-state index is 12.0. The third-order valence-electron chi connectivity index (χ3n) is 3.62. The Morgan fingerprint density at radius 1 is 1.32 bits per heavy atom. The lowest BCUT2D eigenvalue weighted by Crippen LogP contribution is -2.44. The molecule has 0 fully saturated rings. The van der Waals surface area contributed by atoms with Crippen LogP contribution < -0.4 is 11.0 Å². The van der Waals surface area contributed by atoms with E-state index in [-0.39, 0.29) is 5.69 Å². The average molecular weight is 413 g/mol. The lowest BCUT2D eigenvalue weighted by molar-refractivity contribution is 0.0465. The Bertz CT molecular complexity index is 848. The van der Waals surface area contributed by atoms with Crippen LogP contribution in [0.2, 0.25) is 0 Å². The van der Waals surface area contributed by atoms with Crippen molar-refractivity contribution in [2.45, 2.75) is 83.0 Å². The summed E-state index contributed by atoms with van der Waals surface area (Å²) < 4.78 is 12.2. The fourth-order valence-electron chi connectivity index (χ4n) is 2.24. The Hall–Kier alpha value is -2.30. The SMILES string of the molecule is CCCCn1c(SCc2nc(C(C)(C)NC(=O)OC(C)(C)C)no2)n[nH]c1=O. The molecular formula is C17H28N6O4S. The highest BCUT2D eigenvalue weighted by Gasteiger charge is 2.31. The van der Waals surface area contributed by atoms with E-state index in [2.05, 4.69) is 32.6 Å². The predicted octanol–water partition coefficient (Wildman–Crippen LogP) is 2.81. The third kappa shape index (κ3) is 6.11. The van der Waals surface area contributed by atoms with Crippen molar-refractivity contribution in [3.63, 3.8) is 0 Å². The van der Waals surface area contributed by atoms with E-state index in [1.165, 1.54) is 11.8 Å². The van der Waals surface area contributed by atoms with Gasteiger partial charge in [-0.3, -0.25) is 4.57 Å². The Kier molecular flexibility index (Phi) is 6.91. The van der Waals surface area contributed by atoms with Crippen LogP contribution in [-0.2, 0) is 22.6 Å². The molecule has 0 spiro atoms. The van der Waals surface area contributed by atoms with Crippen molar-refractivity contribution < 1.29 is 14.1 Å². The van der Waals surface area contributed by atoms with Crippen LogP contribution in [0, 0.1) is 0 Å². The normalized spacial score (nSPS) is 12.2. The van der Waals surface area contributed by atoms with Crippen molar-refractivity contribution in [3.05, 3.63) is 22.2 Å². The second-order valence-electron chi connectivity index (χ2n) is 7.87. The van der Waals surface area contributed by atoms with Gasteiger partial charge in [-0.05, 0) is 41.0 Å². The van der Waals surface area contributed by atoms with Crippen molar-refractivity contribution in [1.82, 2.24) is 30.2 Å². The zero-order valence-corrected chi connectivity index (χ0v) is 18.0. The molecule has 2 aromatic heterocycles. The van der Waals surface area contributed by atoms with E-state index < -0.39 is 17.2 Å². The highest BCUT2D eigenvalue weighted by atomic mass is 32.2. The first-order valence-corrected chi connectivity index (χ1v) is 10.1. The van der Waals surface area contributed by atoms with E-state index in [9.17, 15) is 9.59 Å². The molecule has 1 amide bonds. The Labute approximate surface area is 167 Å². The van der Waals surface area contributed by atoms with Crippen LogP contribution in [0.5, 0.6) is 0 Å². The summed E-state index contributed by atoms with van der Waals surface area (Å²) in [5.74, 6) is 1.06. The minimum absolute atomic E-state index is 0.232. The minimum atomic E-state index is -0.871. The van der Waals surface area contributed by atoms with E-state index in [1.807, 2.05) is 0 Å². The van der Waals surface area contributed by atoms with Crippen molar-refractivity contribution in [2.24, 2.45) is 0 Å². The van der Waals surface area contributed by atoms with Crippen LogP contribution >= 0.6 is 11.8 Å². The second kappa shape index (κ2) is 8.80. The van der Waals surface area contributed by atoms with Crippen molar-refractivity contribution in [2.75, 3.05) is 0 Å². The molecule has 0 saturated carbocycles. The number of aromatic amines is 1. The monoisotopic (exact) mass is 412 g/mol. The molecule has 0 unspecified atom stereocenters. The van der Waals surface area contributed by atoms with Gasteiger partial charge in [0.1, 0.15) is 11.1 Å². The topological polar surface area (TPSA) is 128 Å². The number of hydrogen-bond donors (Lipinski definition) is 2. The molecule has 0 atom stereocenters. The molecular weight excluding hydrogens is 384 g/mol. The summed E-state index contributed by atoms with van der Waals surface area (Å²) in [6.45, 7) is 11.6. The van der Waals surface area contributed by atoms with E-state index in [4.69, 9.17) is 9.26 Å². The molecule has 2 rings (SSSR count). The van der Waals surface area contributed by atoms with Crippen molar-refractivity contribution in [3.8, 4) is 0 Å². The van der Waals surface area contributed by atoms with Gasteiger partial charge in [0, 0.05) is 6.54 Å². The molecule has 0 bridgehead atoms. The second-order valence-corrected chi connectivity index (χ2v) is 8.81. The standard InChI is InChI=1S/C17H28N6O4S/c1-7-8-9-23-13(24)20-21-14(23)28-10-11-18-12(22-27-11)17(5,6)19-15(25)26-16(2,3)4/h7-10H2,1-6H3,(H,19,25)(H,20,24). The van der Waals surface area contributed by atoms with Gasteiger partial charge >= 0.3 is 11.8 Å². The number of nitrogens with one attached hydrogen (secondary N) is 2. The number of unbranched alkanes of at least 4 members (excludes halogenated alkanes) is 1. The van der Waals surface area contributed by atoms with Crippen LogP contribution in [0.15, 0.2) is 14.5 Å². The molecule has 0 aliphatic rings. The number of carbonyl (C=O) groups is 1. The largest absolute Gasteiger partial charge is 0.444 e. The number of thioether (sulfide) groups is 1. The Balaban J connectivity index is 2.00. The molecule has 0 radical (unpaired) electrons. The van der Waals surface area contributed by atoms with Gasteiger partial charge in [0.15, 0.2) is 11.0 Å². The number of H-pyrrole nitrogens is 1. The fraction of sp³-hybridized carbons (Fsp3) is 0.706. The Morgan fingerprint density at radius 2 is 2.04 bits per heavy atom. The maximum Gasteiger partial charge on any atom is 0.408 e. The van der Waals surface area contributed by atoms with E-state index in [1.54, 1.807) is 39.2 Å². The van der Waals surface area contributed by atoms with Crippen LogP contribution in [0.4, 0.5) is 4.79 Å². The number of nitrogens with zero attached hydrogens (tertiary/aromatic N) is 4. The lowest BCUT2D eigenvalue weighted by atomic mass is 10.1. The summed E-state index contributed by atoms with van der Waals surface area (Å²) in [5.41, 5.74) is -1.70. The van der Waals surface area contributed by atoms with Crippen LogP contribution in [0.25, 0.3) is 0 Å². The summed E-state index contributed by atoms with van der Waals surface area (Å²) in [4.78, 5) is 28.2. The first-order chi connectivity index (χ1) is 13.0. The molecule has 0 aliphatic heterocycles. The number of carbonyl (C=O) groups excluding carboxylic acids is 1. The molecule has 28 heavy (non-hydrogen) atoms. The van der Waals surface area contributed by atoms with Gasteiger partial charge in [-0.1, -0.05) is 30.3 Å². The average Bonchev–Trinajstić information content (AvgIpc) is 3.16. The van der Waals surface area contributed by atoms with Gasteiger partial charge in [0.05, 0.1) is 5.75 Å². The lowest BCUT2D eigenvalue weighted by Gasteiger charge is -2.26. The zero-order valence-electron chi connectivity index (χ0n) is 17.2. The maximum absolute atomic E-state index is 12.0. The summed E-state index contributed by atoms with van der Waals surface area (Å²) in [5, 5.41) is 13.8. The highest BCUT2D eigenvalue weighted by molar-refractivity contribution is 7.98. The summed E-state index contributed by atoms with van der Waals surface area (Å²) in [7, 11) is 0. The molecule has 2 heterocycles. The van der Waals surface area contributed by atoms with Gasteiger partial charge in [-0.25, -0.2) is 14.7 Å². The van der Waals surface area contributed by atoms with E-state index in [0.29, 0.717) is 29.2 Å². The molecule has 0 saturated heterocycles. The third-order valence-corrected chi connectivity index (χ3v) is 4.58. The van der Waals surface area contributed by atoms with Gasteiger partial charge < -0.3 is 14.6 Å². The van der Waals surface area contributed by atoms with Gasteiger partial charge in [-0.2, -0.15) is 4.98 Å². The zero-order chi connectivity index (χ0) is 20.9. The fourth-order valence-corrected chi connectivity index (χ4v) is 3.05. The number of ether oxygens (including phenoxy) is 1. The first-order valence-electron chi connectivity index (χ1n) is 9.14. The molecule has 11 heteroatoms. The molecule has 0 aliphatic carbocycles. The first kappa shape index (κ1) is 22.0. The van der Waals surface area contributed by atoms with Crippen molar-refractivity contribution >= 4 is 17.9 Å². The summed E-state index contributed by atoms with van der Waals surface area (Å²) in [6.07, 6.45) is 1.31. The molecule has 156 valence electrons. The molecule has 2 N–H and O–H groups in total. The smallest absolute Gasteiger partial charge is 0.408 e. The number of alkyl carbamates (subject to hydrolysis) is 1. The summed E-state index contributed by atoms with van der Waals surface area (Å²) >= 11 is 1.33. The van der Waals surface area contributed by atoms with Gasteiger partial charge in [-0.15, -0.1) is 5.10 Å². The number of aromatic nitrogens is 5. The summed E-state index contributed by atoms with van der Waals surface area (Å²) in [6, 6.07) is 0. The minimum Gasteiger partial charge on any atom is -0.444 e. The van der Waals surface area contributed by atoms with Crippen LogP contribution in [-0.4, -0.2) is 36.6 Å². The van der Waals surface area contributed by atoms with Gasteiger partial charge in [0.2, 0.25) is 5.89 Å². The Morgan fingerprint density at radius 3 is 2.68 bits per heavy atom. The van der Waals surface area contributed by atoms with Crippen LogP contribution in [0.1, 0.15) is 66.1 Å². The highest BCUT2D eigenvalue weighted by Crippen LogP contribution is 2.22. The van der Waals surface area contributed by atoms with Crippen molar-refractivity contribution in [1.29, 1.82) is 0 Å². The molecule has 0 aromatic carbocycles. The quantitative estimate of drug-likeness (QED) is 0.634. The number of rotatable bonds is 8. The predicted molar refractivity (Wildman–Crippen MR) is 104 cm³/mol.